The number of fused-ring (bicyclic) bond motifs is 3. The standard InChI is InChI=1S/C33H28F3NO9S3/c1-15-8-13-19-18(14-15)20-25(31(2,3)37(19)26(38)16-9-11-17(12-10-16)33(34,35)36)47-22(28(40)44-5)21(27(39)43-4)32(20)48-23(29(41)45-6)24(49-32)30(42)46-7/h8-14H,1-7H3. The third-order valence-electron chi connectivity index (χ3n) is 7.96. The van der Waals surface area contributed by atoms with Gasteiger partial charge in [0.25, 0.3) is 5.91 Å². The Kier molecular flexibility index (Phi) is 9.55. The summed E-state index contributed by atoms with van der Waals surface area (Å²) < 4.78 is 58.6. The van der Waals surface area contributed by atoms with Gasteiger partial charge >= 0.3 is 30.1 Å². The maximum atomic E-state index is 14.4. The van der Waals surface area contributed by atoms with Gasteiger partial charge in [0.15, 0.2) is 0 Å². The monoisotopic (exact) mass is 735 g/mol. The van der Waals surface area contributed by atoms with Crippen LogP contribution in [0, 0.1) is 6.92 Å². The molecule has 1 spiro atoms. The Labute approximate surface area is 291 Å². The van der Waals surface area contributed by atoms with Crippen molar-refractivity contribution in [2.45, 2.75) is 36.6 Å². The van der Waals surface area contributed by atoms with Crippen molar-refractivity contribution >= 4 is 76.3 Å². The Morgan fingerprint density at radius 1 is 0.735 bits per heavy atom. The molecule has 2 aromatic rings. The van der Waals surface area contributed by atoms with Gasteiger partial charge in [0.05, 0.1) is 50.8 Å². The molecule has 49 heavy (non-hydrogen) atoms. The number of halogens is 3. The van der Waals surface area contributed by atoms with E-state index in [4.69, 9.17) is 18.9 Å². The normalized spacial score (nSPS) is 17.8. The van der Waals surface area contributed by atoms with Gasteiger partial charge in [-0.3, -0.25) is 9.69 Å². The number of esters is 4. The van der Waals surface area contributed by atoms with E-state index in [1.54, 1.807) is 39.0 Å². The van der Waals surface area contributed by atoms with Crippen LogP contribution >= 0.6 is 35.3 Å². The second-order valence-corrected chi connectivity index (χ2v) is 15.0. The summed E-state index contributed by atoms with van der Waals surface area (Å²) in [5.41, 5.74) is -0.763. The molecule has 16 heteroatoms. The number of aryl methyl sites for hydroxylation is 1. The number of rotatable bonds is 5. The van der Waals surface area contributed by atoms with E-state index in [-0.39, 0.29) is 25.9 Å². The van der Waals surface area contributed by atoms with E-state index in [1.165, 1.54) is 4.90 Å². The first-order valence-corrected chi connectivity index (χ1v) is 16.7. The van der Waals surface area contributed by atoms with Gasteiger partial charge in [0.1, 0.15) is 18.8 Å². The highest BCUT2D eigenvalue weighted by molar-refractivity contribution is 8.26. The van der Waals surface area contributed by atoms with Crippen LogP contribution in [0.4, 0.5) is 18.9 Å². The molecule has 10 nitrogen and oxygen atoms in total. The van der Waals surface area contributed by atoms with E-state index < -0.39 is 51.1 Å². The smallest absolute Gasteiger partial charge is 0.416 e. The number of hydrogen-bond acceptors (Lipinski definition) is 12. The Balaban J connectivity index is 1.85. The molecule has 3 aliphatic rings. The summed E-state index contributed by atoms with van der Waals surface area (Å²) >= 11 is 2.43. The van der Waals surface area contributed by atoms with Gasteiger partial charge in [0.2, 0.25) is 0 Å². The minimum atomic E-state index is -4.62. The first-order valence-electron chi connectivity index (χ1n) is 14.2. The number of carbonyl (C=O) groups excluding carboxylic acids is 5. The third-order valence-corrected chi connectivity index (χ3v) is 12.6. The molecular formula is C33H28F3NO9S3. The Morgan fingerprint density at radius 2 is 1.24 bits per heavy atom. The summed E-state index contributed by atoms with van der Waals surface area (Å²) in [5, 5.41) is 0. The minimum absolute atomic E-state index is 0.0432. The fourth-order valence-corrected chi connectivity index (χ4v) is 10.8. The zero-order valence-corrected chi connectivity index (χ0v) is 29.5. The van der Waals surface area contributed by atoms with E-state index in [0.29, 0.717) is 21.7 Å². The molecule has 0 fully saturated rings. The molecule has 0 atom stereocenters. The van der Waals surface area contributed by atoms with Gasteiger partial charge < -0.3 is 18.9 Å². The molecule has 0 saturated heterocycles. The van der Waals surface area contributed by atoms with Crippen molar-refractivity contribution in [2.24, 2.45) is 0 Å². The van der Waals surface area contributed by atoms with Crippen LogP contribution in [-0.4, -0.2) is 67.8 Å². The Hall–Kier alpha value is -4.15. The molecular weight excluding hydrogens is 708 g/mol. The zero-order chi connectivity index (χ0) is 36.2. The average molecular weight is 736 g/mol. The predicted molar refractivity (Wildman–Crippen MR) is 178 cm³/mol. The molecule has 2 aromatic carbocycles. The van der Waals surface area contributed by atoms with Crippen molar-refractivity contribution in [3.05, 3.63) is 89.9 Å². The van der Waals surface area contributed by atoms with Crippen molar-refractivity contribution in [1.29, 1.82) is 0 Å². The number of alkyl halides is 3. The van der Waals surface area contributed by atoms with Crippen LogP contribution in [0.2, 0.25) is 0 Å². The molecule has 258 valence electrons. The fourth-order valence-electron chi connectivity index (χ4n) is 5.73. The van der Waals surface area contributed by atoms with Crippen molar-refractivity contribution in [3.63, 3.8) is 0 Å². The molecule has 0 unspecified atom stereocenters. The number of anilines is 1. The van der Waals surface area contributed by atoms with Gasteiger partial charge in [-0.25, -0.2) is 19.2 Å². The maximum Gasteiger partial charge on any atom is 0.416 e. The second-order valence-electron chi connectivity index (χ2n) is 11.3. The Morgan fingerprint density at radius 3 is 1.73 bits per heavy atom. The minimum Gasteiger partial charge on any atom is -0.466 e. The lowest BCUT2D eigenvalue weighted by molar-refractivity contribution is -0.138. The fraction of sp³-hybridized carbons (Fsp3) is 0.303. The van der Waals surface area contributed by atoms with Crippen molar-refractivity contribution in [2.75, 3.05) is 33.3 Å². The number of hydrogen-bond donors (Lipinski definition) is 0. The highest BCUT2D eigenvalue weighted by Gasteiger charge is 2.62. The van der Waals surface area contributed by atoms with Gasteiger partial charge in [-0.15, -0.1) is 0 Å². The van der Waals surface area contributed by atoms with E-state index in [0.717, 1.165) is 93.6 Å². The number of methoxy groups -OCH3 is 4. The van der Waals surface area contributed by atoms with Crippen molar-refractivity contribution < 1.29 is 56.1 Å². The number of amides is 1. The van der Waals surface area contributed by atoms with E-state index in [9.17, 15) is 37.1 Å². The van der Waals surface area contributed by atoms with E-state index >= 15 is 0 Å². The molecule has 0 radical (unpaired) electrons. The third kappa shape index (κ3) is 5.82. The highest BCUT2D eigenvalue weighted by Crippen LogP contribution is 2.71. The van der Waals surface area contributed by atoms with Gasteiger partial charge in [-0.2, -0.15) is 13.2 Å². The largest absolute Gasteiger partial charge is 0.466 e. The van der Waals surface area contributed by atoms with Crippen LogP contribution in [0.15, 0.2) is 67.7 Å². The predicted octanol–water partition coefficient (Wildman–Crippen LogP) is 6.24. The van der Waals surface area contributed by atoms with Crippen molar-refractivity contribution in [3.8, 4) is 0 Å². The van der Waals surface area contributed by atoms with Crippen LogP contribution in [0.3, 0.4) is 0 Å². The molecule has 0 saturated carbocycles. The first kappa shape index (κ1) is 36.1. The van der Waals surface area contributed by atoms with Gasteiger partial charge in [0, 0.05) is 21.6 Å². The topological polar surface area (TPSA) is 126 Å². The first-order chi connectivity index (χ1) is 23.0. The van der Waals surface area contributed by atoms with Crippen molar-refractivity contribution in [1.82, 2.24) is 0 Å². The SMILES string of the molecule is COC(=O)C1=C(C(=O)OC)SC2(S1)C(C(=O)OC)=C(C(=O)OC)SC1=C2c2cc(C)ccc2N(C(=O)c2ccc(C(F)(F)F)cc2)C1(C)C. The number of ether oxygens (including phenoxy) is 4. The number of benzene rings is 2. The van der Waals surface area contributed by atoms with Crippen LogP contribution in [0.25, 0.3) is 5.57 Å². The number of thioether (sulfide) groups is 3. The van der Waals surface area contributed by atoms with Crippen LogP contribution in [0.5, 0.6) is 0 Å². The molecule has 1 amide bonds. The van der Waals surface area contributed by atoms with Crippen LogP contribution in [-0.2, 0) is 44.3 Å². The summed E-state index contributed by atoms with van der Waals surface area (Å²) in [4.78, 5) is 69.1. The average Bonchev–Trinajstić information content (AvgIpc) is 3.46. The summed E-state index contributed by atoms with van der Waals surface area (Å²) in [6, 6.07) is 8.94. The van der Waals surface area contributed by atoms with E-state index in [1.807, 2.05) is 0 Å². The quantitative estimate of drug-likeness (QED) is 0.255. The van der Waals surface area contributed by atoms with E-state index in [2.05, 4.69) is 0 Å². The zero-order valence-electron chi connectivity index (χ0n) is 27.0. The highest BCUT2D eigenvalue weighted by atomic mass is 32.2. The molecule has 0 N–H and O–H groups in total. The summed E-state index contributed by atoms with van der Waals surface area (Å²) in [7, 11) is 4.46. The Bertz CT molecular complexity index is 1890. The summed E-state index contributed by atoms with van der Waals surface area (Å²) in [5.74, 6) is -4.35. The van der Waals surface area contributed by atoms with Gasteiger partial charge in [-0.05, 0) is 57.2 Å². The van der Waals surface area contributed by atoms with Gasteiger partial charge in [-0.1, -0.05) is 46.9 Å². The molecule has 0 aliphatic carbocycles. The number of carbonyl (C=O) groups is 5. The lowest BCUT2D eigenvalue weighted by Crippen LogP contribution is -2.53. The molecule has 0 bridgehead atoms. The molecule has 3 heterocycles. The second kappa shape index (κ2) is 12.9. The summed E-state index contributed by atoms with van der Waals surface area (Å²) in [6.45, 7) is 5.13. The van der Waals surface area contributed by atoms with Crippen LogP contribution in [0.1, 0.15) is 40.9 Å². The maximum absolute atomic E-state index is 14.4. The molecule has 5 rings (SSSR count). The van der Waals surface area contributed by atoms with Crippen LogP contribution < -0.4 is 4.90 Å². The summed E-state index contributed by atoms with van der Waals surface area (Å²) in [6.07, 6.45) is -4.62. The lowest BCUT2D eigenvalue weighted by atomic mass is 9.82. The number of nitrogens with zero attached hydrogens (tertiary/aromatic N) is 1. The lowest BCUT2D eigenvalue weighted by Gasteiger charge is -2.50. The molecule has 3 aliphatic heterocycles. The molecule has 0 aromatic heterocycles.